The van der Waals surface area contributed by atoms with Crippen molar-refractivity contribution in [2.45, 2.75) is 63.5 Å². The molecule has 3 fully saturated rings. The predicted molar refractivity (Wildman–Crippen MR) is 67.3 cm³/mol. The van der Waals surface area contributed by atoms with Crippen molar-refractivity contribution < 1.29 is 0 Å². The summed E-state index contributed by atoms with van der Waals surface area (Å²) in [5, 5.41) is 0. The van der Waals surface area contributed by atoms with Gasteiger partial charge in [0.25, 0.3) is 0 Å². The van der Waals surface area contributed by atoms with Crippen molar-refractivity contribution >= 4 is 0 Å². The third kappa shape index (κ3) is 2.78. The van der Waals surface area contributed by atoms with Crippen LogP contribution in [-0.4, -0.2) is 30.1 Å². The Hall–Kier alpha value is -0.0800. The molecule has 0 aromatic rings. The predicted octanol–water partition coefficient (Wildman–Crippen LogP) is 2.38. The molecular formula is C14H26N2. The molecule has 2 nitrogen and oxygen atoms in total. The van der Waals surface area contributed by atoms with E-state index in [0.29, 0.717) is 6.04 Å². The first-order valence-electron chi connectivity index (χ1n) is 7.32. The molecule has 2 heteroatoms. The maximum absolute atomic E-state index is 6.27. The molecule has 3 rings (SSSR count). The van der Waals surface area contributed by atoms with Gasteiger partial charge in [0.15, 0.2) is 0 Å². The van der Waals surface area contributed by atoms with Crippen molar-refractivity contribution in [2.75, 3.05) is 13.1 Å². The molecule has 0 radical (unpaired) electrons. The number of rotatable bonds is 5. The Morgan fingerprint density at radius 2 is 1.62 bits per heavy atom. The summed E-state index contributed by atoms with van der Waals surface area (Å²) in [6.45, 7) is 2.69. The lowest BCUT2D eigenvalue weighted by Gasteiger charge is -2.34. The van der Waals surface area contributed by atoms with Gasteiger partial charge in [0.1, 0.15) is 0 Å². The Kier molecular flexibility index (Phi) is 3.21. The fraction of sp³-hybridized carbons (Fsp3) is 1.00. The van der Waals surface area contributed by atoms with Crippen LogP contribution < -0.4 is 5.73 Å². The number of hydrogen-bond acceptors (Lipinski definition) is 2. The highest BCUT2D eigenvalue weighted by Crippen LogP contribution is 2.36. The second-order valence-corrected chi connectivity index (χ2v) is 6.34. The van der Waals surface area contributed by atoms with Gasteiger partial charge in [0.2, 0.25) is 0 Å². The molecule has 0 heterocycles. The van der Waals surface area contributed by atoms with E-state index >= 15 is 0 Å². The highest BCUT2D eigenvalue weighted by atomic mass is 15.2. The van der Waals surface area contributed by atoms with Crippen molar-refractivity contribution in [3.63, 3.8) is 0 Å². The number of hydrogen-bond donors (Lipinski definition) is 1. The molecule has 0 saturated heterocycles. The molecule has 0 spiro atoms. The molecule has 0 aliphatic heterocycles. The van der Waals surface area contributed by atoms with Gasteiger partial charge >= 0.3 is 0 Å². The lowest BCUT2D eigenvalue weighted by Crippen LogP contribution is -2.42. The van der Waals surface area contributed by atoms with Crippen LogP contribution in [0.1, 0.15) is 51.4 Å². The van der Waals surface area contributed by atoms with E-state index < -0.39 is 0 Å². The van der Waals surface area contributed by atoms with Crippen molar-refractivity contribution in [3.05, 3.63) is 0 Å². The standard InChI is InChI=1S/C14H26N2/c15-14-4-2-1-3-12(14)10-16(13-7-8-13)9-11-5-6-11/h11-14H,1-10,15H2. The van der Waals surface area contributed by atoms with E-state index in [2.05, 4.69) is 4.90 Å². The zero-order valence-electron chi connectivity index (χ0n) is 10.4. The van der Waals surface area contributed by atoms with Gasteiger partial charge in [0.05, 0.1) is 0 Å². The molecule has 2 atom stereocenters. The molecule has 3 aliphatic carbocycles. The largest absolute Gasteiger partial charge is 0.327 e. The van der Waals surface area contributed by atoms with Crippen LogP contribution in [0.25, 0.3) is 0 Å². The molecule has 3 aliphatic rings. The summed E-state index contributed by atoms with van der Waals surface area (Å²) in [5.74, 6) is 1.84. The lowest BCUT2D eigenvalue weighted by atomic mass is 9.84. The van der Waals surface area contributed by atoms with E-state index in [4.69, 9.17) is 5.73 Å². The highest BCUT2D eigenvalue weighted by molar-refractivity contribution is 4.91. The first-order chi connectivity index (χ1) is 7.83. The van der Waals surface area contributed by atoms with Crippen LogP contribution >= 0.6 is 0 Å². The van der Waals surface area contributed by atoms with Crippen molar-refractivity contribution in [1.82, 2.24) is 4.90 Å². The molecule has 0 aromatic carbocycles. The van der Waals surface area contributed by atoms with Crippen LogP contribution in [0.2, 0.25) is 0 Å². The highest BCUT2D eigenvalue weighted by Gasteiger charge is 2.35. The molecule has 2 N–H and O–H groups in total. The fourth-order valence-corrected chi connectivity index (χ4v) is 3.21. The minimum absolute atomic E-state index is 0.495. The molecule has 16 heavy (non-hydrogen) atoms. The average Bonchev–Trinajstić information content (AvgIpc) is 3.15. The Bertz CT molecular complexity index is 233. The van der Waals surface area contributed by atoms with E-state index in [1.165, 1.54) is 64.5 Å². The lowest BCUT2D eigenvalue weighted by molar-refractivity contribution is 0.171. The second kappa shape index (κ2) is 4.66. The first-order valence-corrected chi connectivity index (χ1v) is 7.32. The minimum Gasteiger partial charge on any atom is -0.327 e. The molecule has 92 valence electrons. The van der Waals surface area contributed by atoms with Crippen LogP contribution in [0, 0.1) is 11.8 Å². The summed E-state index contributed by atoms with van der Waals surface area (Å²) in [6.07, 6.45) is 11.3. The number of nitrogens with zero attached hydrogens (tertiary/aromatic N) is 1. The van der Waals surface area contributed by atoms with Gasteiger partial charge in [-0.25, -0.2) is 0 Å². The monoisotopic (exact) mass is 222 g/mol. The zero-order valence-corrected chi connectivity index (χ0v) is 10.4. The molecule has 0 aromatic heterocycles. The Morgan fingerprint density at radius 3 is 2.25 bits per heavy atom. The Balaban J connectivity index is 1.52. The number of nitrogens with two attached hydrogens (primary N) is 1. The quantitative estimate of drug-likeness (QED) is 0.774. The summed E-state index contributed by atoms with van der Waals surface area (Å²) >= 11 is 0. The summed E-state index contributed by atoms with van der Waals surface area (Å²) < 4.78 is 0. The van der Waals surface area contributed by atoms with E-state index in [1.807, 2.05) is 0 Å². The Morgan fingerprint density at radius 1 is 0.875 bits per heavy atom. The SMILES string of the molecule is NC1CCCCC1CN(CC1CC1)C1CC1. The molecular weight excluding hydrogens is 196 g/mol. The van der Waals surface area contributed by atoms with Crippen molar-refractivity contribution in [2.24, 2.45) is 17.6 Å². The molecule has 3 saturated carbocycles. The summed E-state index contributed by atoms with van der Waals surface area (Å²) in [5.41, 5.74) is 6.27. The summed E-state index contributed by atoms with van der Waals surface area (Å²) in [7, 11) is 0. The maximum Gasteiger partial charge on any atom is 0.00966 e. The van der Waals surface area contributed by atoms with Crippen molar-refractivity contribution in [1.29, 1.82) is 0 Å². The summed E-state index contributed by atoms with van der Waals surface area (Å²) in [6, 6.07) is 1.43. The van der Waals surface area contributed by atoms with Crippen LogP contribution in [-0.2, 0) is 0 Å². The van der Waals surface area contributed by atoms with Gasteiger partial charge in [-0.1, -0.05) is 12.8 Å². The van der Waals surface area contributed by atoms with E-state index in [-0.39, 0.29) is 0 Å². The molecule has 0 bridgehead atoms. The topological polar surface area (TPSA) is 29.3 Å². The van der Waals surface area contributed by atoms with Crippen LogP contribution in [0.3, 0.4) is 0 Å². The van der Waals surface area contributed by atoms with Crippen molar-refractivity contribution in [3.8, 4) is 0 Å². The van der Waals surface area contributed by atoms with Gasteiger partial charge in [0, 0.05) is 25.2 Å². The van der Waals surface area contributed by atoms with Crippen LogP contribution in [0.15, 0.2) is 0 Å². The Labute approximate surface area is 99.6 Å². The maximum atomic E-state index is 6.27. The normalized spacial score (nSPS) is 35.6. The van der Waals surface area contributed by atoms with Gasteiger partial charge in [-0.15, -0.1) is 0 Å². The average molecular weight is 222 g/mol. The summed E-state index contributed by atoms with van der Waals surface area (Å²) in [4.78, 5) is 2.79. The molecule has 0 amide bonds. The second-order valence-electron chi connectivity index (χ2n) is 6.34. The van der Waals surface area contributed by atoms with Gasteiger partial charge in [-0.2, -0.15) is 0 Å². The van der Waals surface area contributed by atoms with Gasteiger partial charge < -0.3 is 5.73 Å². The molecule has 2 unspecified atom stereocenters. The van der Waals surface area contributed by atoms with E-state index in [1.54, 1.807) is 0 Å². The smallest absolute Gasteiger partial charge is 0.00966 e. The fourth-order valence-electron chi connectivity index (χ4n) is 3.21. The first kappa shape index (κ1) is 11.0. The zero-order chi connectivity index (χ0) is 11.0. The van der Waals surface area contributed by atoms with Crippen LogP contribution in [0.5, 0.6) is 0 Å². The third-order valence-electron chi connectivity index (χ3n) is 4.69. The van der Waals surface area contributed by atoms with Crippen LogP contribution in [0.4, 0.5) is 0 Å². The third-order valence-corrected chi connectivity index (χ3v) is 4.69. The minimum atomic E-state index is 0.495. The van der Waals surface area contributed by atoms with Gasteiger partial charge in [-0.3, -0.25) is 4.90 Å². The van der Waals surface area contributed by atoms with E-state index in [9.17, 15) is 0 Å². The van der Waals surface area contributed by atoms with Gasteiger partial charge in [-0.05, 0) is 50.4 Å². The van der Waals surface area contributed by atoms with E-state index in [0.717, 1.165) is 17.9 Å².